The number of halogens is 1. The van der Waals surface area contributed by atoms with E-state index in [1.54, 1.807) is 6.20 Å². The van der Waals surface area contributed by atoms with Crippen molar-refractivity contribution in [2.45, 2.75) is 44.2 Å². The number of anilines is 3. The molecule has 9 nitrogen and oxygen atoms in total. The van der Waals surface area contributed by atoms with Crippen LogP contribution < -0.4 is 26.5 Å². The van der Waals surface area contributed by atoms with Gasteiger partial charge in [0.2, 0.25) is 5.43 Å². The highest BCUT2D eigenvalue weighted by Gasteiger charge is 2.44. The lowest BCUT2D eigenvalue weighted by Gasteiger charge is -2.44. The van der Waals surface area contributed by atoms with Crippen LogP contribution in [0.1, 0.15) is 43.0 Å². The van der Waals surface area contributed by atoms with Crippen molar-refractivity contribution in [2.75, 3.05) is 29.5 Å². The van der Waals surface area contributed by atoms with E-state index in [2.05, 4.69) is 15.6 Å². The normalized spacial score (nSPS) is 18.1. The summed E-state index contributed by atoms with van der Waals surface area (Å²) in [6.07, 6.45) is 5.97. The van der Waals surface area contributed by atoms with Gasteiger partial charge in [0, 0.05) is 37.4 Å². The third-order valence-electron chi connectivity index (χ3n) is 6.78. The lowest BCUT2D eigenvalue weighted by atomic mass is 9.72. The number of benzene rings is 1. The van der Waals surface area contributed by atoms with Crippen molar-refractivity contribution in [2.24, 2.45) is 0 Å². The zero-order valence-electron chi connectivity index (χ0n) is 18.7. The monoisotopic (exact) mass is 467 g/mol. The van der Waals surface area contributed by atoms with Gasteiger partial charge in [-0.15, -0.1) is 0 Å². The van der Waals surface area contributed by atoms with Crippen molar-refractivity contribution < 1.29 is 19.0 Å². The van der Waals surface area contributed by atoms with Gasteiger partial charge >= 0.3 is 5.97 Å². The summed E-state index contributed by atoms with van der Waals surface area (Å²) in [6, 6.07) is 5.49. The molecule has 1 saturated carbocycles. The Morgan fingerprint density at radius 2 is 2.12 bits per heavy atom. The third-order valence-corrected chi connectivity index (χ3v) is 6.78. The van der Waals surface area contributed by atoms with E-state index in [4.69, 9.17) is 10.5 Å². The molecule has 1 fully saturated rings. The molecule has 1 aromatic carbocycles. The number of hydrogen-bond donors (Lipinski definition) is 4. The van der Waals surface area contributed by atoms with E-state index in [1.807, 2.05) is 29.7 Å². The molecule has 5 N–H and O–H groups in total. The first-order valence-corrected chi connectivity index (χ1v) is 11.3. The Morgan fingerprint density at radius 1 is 1.35 bits per heavy atom. The number of fused-ring (bicyclic) bond motifs is 1. The number of aromatic carboxylic acids is 1. The Bertz CT molecular complexity index is 1340. The Labute approximate surface area is 194 Å². The van der Waals surface area contributed by atoms with Crippen LogP contribution in [0.4, 0.5) is 21.6 Å². The number of nitrogens with one attached hydrogen (secondary N) is 2. The molecule has 178 valence electrons. The van der Waals surface area contributed by atoms with Crippen LogP contribution in [0.5, 0.6) is 5.75 Å². The van der Waals surface area contributed by atoms with Gasteiger partial charge in [0.1, 0.15) is 17.1 Å². The summed E-state index contributed by atoms with van der Waals surface area (Å²) >= 11 is 0. The second-order valence-electron chi connectivity index (χ2n) is 8.98. The molecule has 1 atom stereocenters. The van der Waals surface area contributed by atoms with Gasteiger partial charge in [0.15, 0.2) is 11.6 Å². The highest BCUT2D eigenvalue weighted by atomic mass is 19.1. The van der Waals surface area contributed by atoms with Gasteiger partial charge < -0.3 is 30.8 Å². The van der Waals surface area contributed by atoms with E-state index in [0.717, 1.165) is 19.3 Å². The van der Waals surface area contributed by atoms with Crippen LogP contribution in [0.2, 0.25) is 0 Å². The number of ether oxygens (including phenoxy) is 1. The summed E-state index contributed by atoms with van der Waals surface area (Å²) < 4.78 is 23.6. The maximum Gasteiger partial charge on any atom is 0.341 e. The topological polar surface area (TPSA) is 132 Å². The van der Waals surface area contributed by atoms with E-state index >= 15 is 4.39 Å². The van der Waals surface area contributed by atoms with E-state index in [-0.39, 0.29) is 28.6 Å². The lowest BCUT2D eigenvalue weighted by molar-refractivity contribution is 0.0687. The number of aromatic nitrogens is 2. The van der Waals surface area contributed by atoms with Gasteiger partial charge in [-0.3, -0.25) is 4.79 Å². The van der Waals surface area contributed by atoms with Crippen LogP contribution in [0, 0.1) is 5.82 Å². The lowest BCUT2D eigenvalue weighted by Crippen LogP contribution is -2.43. The summed E-state index contributed by atoms with van der Waals surface area (Å²) in [5, 5.41) is 15.7. The molecule has 1 spiro atoms. The van der Waals surface area contributed by atoms with Gasteiger partial charge in [-0.1, -0.05) is 6.07 Å². The Hall–Kier alpha value is -3.82. The molecular weight excluding hydrogens is 441 g/mol. The fraction of sp³-hybridized carbons (Fsp3) is 0.375. The molecule has 2 aliphatic rings. The van der Waals surface area contributed by atoms with Crippen LogP contribution in [0.25, 0.3) is 10.9 Å². The van der Waals surface area contributed by atoms with Gasteiger partial charge in [0.05, 0.1) is 22.7 Å². The number of nitrogen functional groups attached to an aromatic ring is 1. The van der Waals surface area contributed by atoms with Crippen molar-refractivity contribution in [3.8, 4) is 5.75 Å². The molecule has 0 saturated heterocycles. The van der Waals surface area contributed by atoms with Crippen LogP contribution in [-0.2, 0) is 5.54 Å². The smallest absolute Gasteiger partial charge is 0.341 e. The van der Waals surface area contributed by atoms with E-state index in [0.29, 0.717) is 30.8 Å². The first kappa shape index (κ1) is 22.0. The minimum absolute atomic E-state index is 0.0623. The van der Waals surface area contributed by atoms with Crippen molar-refractivity contribution in [3.05, 3.63) is 52.2 Å². The molecule has 0 bridgehead atoms. The number of nitrogens with zero attached hydrogens (tertiary/aromatic N) is 2. The molecule has 3 heterocycles. The van der Waals surface area contributed by atoms with Crippen LogP contribution in [-0.4, -0.2) is 39.8 Å². The van der Waals surface area contributed by atoms with E-state index in [1.165, 1.54) is 6.20 Å². The maximum absolute atomic E-state index is 15.6. The second-order valence-corrected chi connectivity index (χ2v) is 8.98. The minimum Gasteiger partial charge on any atom is -0.486 e. The summed E-state index contributed by atoms with van der Waals surface area (Å²) in [4.78, 5) is 29.1. The average Bonchev–Trinajstić information content (AvgIpc) is 2.92. The Morgan fingerprint density at radius 3 is 2.76 bits per heavy atom. The van der Waals surface area contributed by atoms with Crippen molar-refractivity contribution >= 4 is 34.1 Å². The number of carboxylic acids is 1. The molecular formula is C24H26FN5O4. The average molecular weight is 468 g/mol. The standard InChI is InChI=1S/C24H26FN5O4/c1-13-11-24(6-4-7-24)30-12-14(23(32)33)21(31)16-18(26)17(25)19(22(34-13)20(16)30)29-10-9-28-15-5-2-3-8-27-15/h2-3,5,8,12-13,29H,4,6-7,9-11,26H2,1H3,(H,27,28)(H,32,33). The molecule has 34 heavy (non-hydrogen) atoms. The molecule has 0 radical (unpaired) electrons. The molecule has 5 rings (SSSR count). The predicted octanol–water partition coefficient (Wildman–Crippen LogP) is 3.39. The largest absolute Gasteiger partial charge is 0.486 e. The molecule has 3 aromatic rings. The number of rotatable bonds is 6. The minimum atomic E-state index is -1.37. The van der Waals surface area contributed by atoms with Crippen LogP contribution >= 0.6 is 0 Å². The predicted molar refractivity (Wildman–Crippen MR) is 127 cm³/mol. The SMILES string of the molecule is CC1CC2(CCC2)n2cc(C(=O)O)c(=O)c3c(N)c(F)c(NCCNc4ccccn4)c(c32)O1. The van der Waals surface area contributed by atoms with Gasteiger partial charge in [-0.2, -0.15) is 0 Å². The molecule has 1 aliphatic carbocycles. The number of pyridine rings is 2. The van der Waals surface area contributed by atoms with Crippen LogP contribution in [0.15, 0.2) is 35.4 Å². The summed E-state index contributed by atoms with van der Waals surface area (Å²) in [5.41, 5.74) is 4.52. The molecule has 10 heteroatoms. The highest BCUT2D eigenvalue weighted by Crippen LogP contribution is 2.51. The fourth-order valence-electron chi connectivity index (χ4n) is 5.10. The molecule has 2 aromatic heterocycles. The number of nitrogens with two attached hydrogens (primary N) is 1. The molecule has 1 unspecified atom stereocenters. The quantitative estimate of drug-likeness (QED) is 0.320. The number of hydrogen-bond acceptors (Lipinski definition) is 7. The Balaban J connectivity index is 1.64. The molecule has 1 aliphatic heterocycles. The van der Waals surface area contributed by atoms with Crippen LogP contribution in [0.3, 0.4) is 0 Å². The van der Waals surface area contributed by atoms with Gasteiger partial charge in [-0.05, 0) is 38.3 Å². The zero-order chi connectivity index (χ0) is 24.0. The first-order valence-electron chi connectivity index (χ1n) is 11.3. The third kappa shape index (κ3) is 3.41. The summed E-state index contributed by atoms with van der Waals surface area (Å²) in [7, 11) is 0. The first-order chi connectivity index (χ1) is 16.3. The highest BCUT2D eigenvalue weighted by molar-refractivity contribution is 6.03. The van der Waals surface area contributed by atoms with Crippen molar-refractivity contribution in [3.63, 3.8) is 0 Å². The van der Waals surface area contributed by atoms with Crippen molar-refractivity contribution in [1.82, 2.24) is 9.55 Å². The van der Waals surface area contributed by atoms with E-state index in [9.17, 15) is 14.7 Å². The Kier molecular flexibility index (Phi) is 5.30. The second kappa shape index (κ2) is 8.19. The van der Waals surface area contributed by atoms with E-state index < -0.39 is 28.3 Å². The maximum atomic E-state index is 15.6. The van der Waals surface area contributed by atoms with Gasteiger partial charge in [0.25, 0.3) is 0 Å². The fourth-order valence-corrected chi connectivity index (χ4v) is 5.10. The summed E-state index contributed by atoms with van der Waals surface area (Å²) in [5.74, 6) is -1.33. The van der Waals surface area contributed by atoms with Crippen molar-refractivity contribution in [1.29, 1.82) is 0 Å². The zero-order valence-corrected chi connectivity index (χ0v) is 18.7. The number of carboxylic acid groups (broad SMARTS) is 1. The van der Waals surface area contributed by atoms with Gasteiger partial charge in [-0.25, -0.2) is 14.2 Å². The summed E-state index contributed by atoms with van der Waals surface area (Å²) in [6.45, 7) is 2.67. The number of carbonyl (C=O) groups is 1. The molecule has 0 amide bonds.